The number of thioether (sulfide) groups is 1. The lowest BCUT2D eigenvalue weighted by Gasteiger charge is -2.18. The van der Waals surface area contributed by atoms with Crippen LogP contribution >= 0.6 is 11.8 Å². The van der Waals surface area contributed by atoms with Crippen molar-refractivity contribution < 1.29 is 4.79 Å². The second-order valence-corrected chi connectivity index (χ2v) is 7.21. The second-order valence-electron chi connectivity index (χ2n) is 6.03. The minimum Gasteiger partial charge on any atom is -0.325 e. The summed E-state index contributed by atoms with van der Waals surface area (Å²) < 4.78 is 0. The maximum Gasteiger partial charge on any atom is 0.242 e. The molecule has 3 heteroatoms. The summed E-state index contributed by atoms with van der Waals surface area (Å²) in [6, 6.07) is 26.1. The Bertz CT molecular complexity index is 846. The number of nitrogens with one attached hydrogen (secondary N) is 1. The molecule has 0 fully saturated rings. The standard InChI is InChI=1S/C22H21NOS/c1-16-13-14-17(2)20(15-16)23-22(24)21(18-9-5-3-6-10-18)25-19-11-7-4-8-12-19/h3-15,21H,1-2H3,(H,23,24)/t21-/m0/s1. The number of anilines is 1. The summed E-state index contributed by atoms with van der Waals surface area (Å²) in [5, 5.41) is 2.81. The number of rotatable bonds is 5. The zero-order chi connectivity index (χ0) is 17.6. The van der Waals surface area contributed by atoms with Crippen molar-refractivity contribution in [2.45, 2.75) is 24.0 Å². The van der Waals surface area contributed by atoms with Gasteiger partial charge in [-0.15, -0.1) is 11.8 Å². The van der Waals surface area contributed by atoms with Crippen molar-refractivity contribution in [3.8, 4) is 0 Å². The molecule has 3 rings (SSSR count). The van der Waals surface area contributed by atoms with Crippen LogP contribution in [0.15, 0.2) is 83.8 Å². The van der Waals surface area contributed by atoms with Gasteiger partial charge < -0.3 is 5.32 Å². The molecule has 1 amide bonds. The third-order valence-corrected chi connectivity index (χ3v) is 5.25. The number of carbonyl (C=O) groups excluding carboxylic acids is 1. The molecule has 0 bridgehead atoms. The lowest BCUT2D eigenvalue weighted by molar-refractivity contribution is -0.115. The van der Waals surface area contributed by atoms with E-state index >= 15 is 0 Å². The Labute approximate surface area is 153 Å². The van der Waals surface area contributed by atoms with Gasteiger partial charge in [-0.05, 0) is 48.7 Å². The van der Waals surface area contributed by atoms with Gasteiger partial charge >= 0.3 is 0 Å². The predicted octanol–water partition coefficient (Wildman–Crippen LogP) is 5.78. The largest absolute Gasteiger partial charge is 0.325 e. The van der Waals surface area contributed by atoms with Crippen LogP contribution in [0.1, 0.15) is 21.9 Å². The molecule has 0 saturated carbocycles. The lowest BCUT2D eigenvalue weighted by Crippen LogP contribution is -2.19. The van der Waals surface area contributed by atoms with Crippen LogP contribution in [0.25, 0.3) is 0 Å². The van der Waals surface area contributed by atoms with Gasteiger partial charge in [0.05, 0.1) is 0 Å². The maximum atomic E-state index is 13.0. The fraction of sp³-hybridized carbons (Fsp3) is 0.136. The Morgan fingerprint density at radius 3 is 2.20 bits per heavy atom. The molecule has 0 heterocycles. The first-order valence-corrected chi connectivity index (χ1v) is 9.16. The van der Waals surface area contributed by atoms with Crippen LogP contribution in [0.3, 0.4) is 0 Å². The molecule has 0 aliphatic heterocycles. The van der Waals surface area contributed by atoms with Crippen molar-refractivity contribution in [3.63, 3.8) is 0 Å². The van der Waals surface area contributed by atoms with Gasteiger partial charge in [0.1, 0.15) is 5.25 Å². The molecule has 126 valence electrons. The molecule has 0 radical (unpaired) electrons. The van der Waals surface area contributed by atoms with E-state index in [1.807, 2.05) is 86.6 Å². The Balaban J connectivity index is 1.88. The summed E-state index contributed by atoms with van der Waals surface area (Å²) in [5.74, 6) is -0.00578. The third-order valence-electron chi connectivity index (χ3n) is 3.99. The zero-order valence-corrected chi connectivity index (χ0v) is 15.2. The normalized spacial score (nSPS) is 11.8. The Morgan fingerprint density at radius 2 is 1.52 bits per heavy atom. The molecule has 1 atom stereocenters. The molecular weight excluding hydrogens is 326 g/mol. The van der Waals surface area contributed by atoms with Crippen molar-refractivity contribution in [3.05, 3.63) is 95.6 Å². The van der Waals surface area contributed by atoms with E-state index in [4.69, 9.17) is 0 Å². The Morgan fingerprint density at radius 1 is 0.880 bits per heavy atom. The van der Waals surface area contributed by atoms with Gasteiger partial charge in [-0.1, -0.05) is 60.7 Å². The first-order valence-electron chi connectivity index (χ1n) is 8.28. The molecule has 0 aromatic heterocycles. The zero-order valence-electron chi connectivity index (χ0n) is 14.4. The minimum absolute atomic E-state index is 0.00578. The van der Waals surface area contributed by atoms with E-state index < -0.39 is 0 Å². The van der Waals surface area contributed by atoms with E-state index in [1.165, 1.54) is 0 Å². The summed E-state index contributed by atoms with van der Waals surface area (Å²) >= 11 is 1.57. The highest BCUT2D eigenvalue weighted by Crippen LogP contribution is 2.36. The minimum atomic E-state index is -0.302. The first-order chi connectivity index (χ1) is 12.1. The van der Waals surface area contributed by atoms with Crippen LogP contribution in [-0.4, -0.2) is 5.91 Å². The van der Waals surface area contributed by atoms with Gasteiger partial charge in [0.2, 0.25) is 5.91 Å². The van der Waals surface area contributed by atoms with Crippen LogP contribution in [0.4, 0.5) is 5.69 Å². The molecule has 3 aromatic rings. The molecule has 0 unspecified atom stereocenters. The average Bonchev–Trinajstić information content (AvgIpc) is 2.64. The van der Waals surface area contributed by atoms with E-state index in [1.54, 1.807) is 11.8 Å². The number of hydrogen-bond donors (Lipinski definition) is 1. The number of benzene rings is 3. The molecule has 3 aromatic carbocycles. The summed E-state index contributed by atoms with van der Waals surface area (Å²) in [5.41, 5.74) is 4.07. The predicted molar refractivity (Wildman–Crippen MR) is 106 cm³/mol. The number of hydrogen-bond acceptors (Lipinski definition) is 2. The van der Waals surface area contributed by atoms with Crippen LogP contribution in [0.5, 0.6) is 0 Å². The second kappa shape index (κ2) is 8.04. The monoisotopic (exact) mass is 347 g/mol. The fourth-order valence-electron chi connectivity index (χ4n) is 2.60. The SMILES string of the molecule is Cc1ccc(C)c(NC(=O)[C@@H](Sc2ccccc2)c2ccccc2)c1. The lowest BCUT2D eigenvalue weighted by atomic mass is 10.1. The number of carbonyl (C=O) groups is 1. The van der Waals surface area contributed by atoms with E-state index in [-0.39, 0.29) is 11.2 Å². The molecule has 0 spiro atoms. The highest BCUT2D eigenvalue weighted by molar-refractivity contribution is 8.00. The molecular formula is C22H21NOS. The van der Waals surface area contributed by atoms with E-state index in [2.05, 4.69) is 11.4 Å². The van der Waals surface area contributed by atoms with Crippen LogP contribution < -0.4 is 5.32 Å². The summed E-state index contributed by atoms with van der Waals surface area (Å²) in [6.07, 6.45) is 0. The van der Waals surface area contributed by atoms with Gasteiger partial charge in [0, 0.05) is 10.6 Å². The first kappa shape index (κ1) is 17.3. The highest BCUT2D eigenvalue weighted by Gasteiger charge is 2.22. The molecule has 0 aliphatic rings. The summed E-state index contributed by atoms with van der Waals surface area (Å²) in [4.78, 5) is 14.1. The molecule has 0 aliphatic carbocycles. The smallest absolute Gasteiger partial charge is 0.242 e. The number of aryl methyl sites for hydroxylation is 2. The van der Waals surface area contributed by atoms with Gasteiger partial charge in [-0.25, -0.2) is 0 Å². The fourth-order valence-corrected chi connectivity index (χ4v) is 3.65. The van der Waals surface area contributed by atoms with Gasteiger partial charge in [0.15, 0.2) is 0 Å². The van der Waals surface area contributed by atoms with E-state index in [0.29, 0.717) is 0 Å². The highest BCUT2D eigenvalue weighted by atomic mass is 32.2. The molecule has 25 heavy (non-hydrogen) atoms. The maximum absolute atomic E-state index is 13.0. The van der Waals surface area contributed by atoms with Gasteiger partial charge in [0.25, 0.3) is 0 Å². The average molecular weight is 347 g/mol. The van der Waals surface area contributed by atoms with Crippen molar-refractivity contribution in [1.82, 2.24) is 0 Å². The van der Waals surface area contributed by atoms with Crippen LogP contribution in [-0.2, 0) is 4.79 Å². The van der Waals surface area contributed by atoms with Gasteiger partial charge in [-0.2, -0.15) is 0 Å². The van der Waals surface area contributed by atoms with Crippen LogP contribution in [0.2, 0.25) is 0 Å². The third kappa shape index (κ3) is 4.52. The van der Waals surface area contributed by atoms with E-state index in [0.717, 1.165) is 27.3 Å². The Hall–Kier alpha value is -2.52. The van der Waals surface area contributed by atoms with Gasteiger partial charge in [-0.3, -0.25) is 4.79 Å². The van der Waals surface area contributed by atoms with E-state index in [9.17, 15) is 4.79 Å². The molecule has 1 N–H and O–H groups in total. The van der Waals surface area contributed by atoms with Crippen molar-refractivity contribution in [2.24, 2.45) is 0 Å². The quantitative estimate of drug-likeness (QED) is 0.593. The van der Waals surface area contributed by atoms with Crippen molar-refractivity contribution in [1.29, 1.82) is 0 Å². The van der Waals surface area contributed by atoms with Crippen LogP contribution in [0, 0.1) is 13.8 Å². The van der Waals surface area contributed by atoms with Crippen molar-refractivity contribution in [2.75, 3.05) is 5.32 Å². The summed E-state index contributed by atoms with van der Waals surface area (Å²) in [6.45, 7) is 4.04. The number of amides is 1. The molecule has 0 saturated heterocycles. The molecule has 2 nitrogen and oxygen atoms in total. The topological polar surface area (TPSA) is 29.1 Å². The Kier molecular flexibility index (Phi) is 5.56. The van der Waals surface area contributed by atoms with Crippen molar-refractivity contribution >= 4 is 23.4 Å². The summed E-state index contributed by atoms with van der Waals surface area (Å²) in [7, 11) is 0.